The van der Waals surface area contributed by atoms with Gasteiger partial charge in [0.25, 0.3) is 0 Å². The number of carbonyl (C=O) groups excluding carboxylic acids is 1. The molecule has 0 saturated carbocycles. The zero-order chi connectivity index (χ0) is 16.8. The molecule has 0 amide bonds. The molecule has 124 valence electrons. The molecule has 1 aromatic carbocycles. The van der Waals surface area contributed by atoms with Crippen molar-refractivity contribution in [3.05, 3.63) is 29.5 Å². The topological polar surface area (TPSA) is 70.4 Å². The van der Waals surface area contributed by atoms with E-state index in [1.807, 2.05) is 6.92 Å². The predicted molar refractivity (Wildman–Crippen MR) is 92.1 cm³/mol. The summed E-state index contributed by atoms with van der Waals surface area (Å²) in [7, 11) is 0. The van der Waals surface area contributed by atoms with Crippen LogP contribution in [0.2, 0.25) is 0 Å². The van der Waals surface area contributed by atoms with Gasteiger partial charge in [0.05, 0.1) is 0 Å². The van der Waals surface area contributed by atoms with Gasteiger partial charge in [-0.2, -0.15) is 0 Å². The van der Waals surface area contributed by atoms with Gasteiger partial charge in [-0.3, -0.25) is 4.79 Å². The van der Waals surface area contributed by atoms with Crippen molar-refractivity contribution in [1.29, 1.82) is 0 Å². The summed E-state index contributed by atoms with van der Waals surface area (Å²) in [5, 5.41) is 20.4. The third kappa shape index (κ3) is 4.21. The molecule has 0 saturated heterocycles. The first-order valence-electron chi connectivity index (χ1n) is 8.40. The van der Waals surface area contributed by atoms with Crippen LogP contribution in [-0.2, 0) is 0 Å². The molecule has 1 heterocycles. The quantitative estimate of drug-likeness (QED) is 0.413. The lowest BCUT2D eigenvalue weighted by molar-refractivity contribution is 0.0974. The Labute approximate surface area is 137 Å². The number of rotatable bonds is 8. The molecule has 23 heavy (non-hydrogen) atoms. The minimum Gasteiger partial charge on any atom is -0.507 e. The molecule has 4 heteroatoms. The highest BCUT2D eigenvalue weighted by molar-refractivity contribution is 5.99. The van der Waals surface area contributed by atoms with Crippen LogP contribution < -0.4 is 0 Å². The maximum Gasteiger partial charge on any atom is 0.181 e. The number of carbonyl (C=O) groups is 1. The number of benzene rings is 1. The molecule has 0 atom stereocenters. The summed E-state index contributed by atoms with van der Waals surface area (Å²) in [5.74, 6) is 0.0427. The third-order valence-electron chi connectivity index (χ3n) is 4.16. The van der Waals surface area contributed by atoms with Crippen LogP contribution in [0.3, 0.4) is 0 Å². The van der Waals surface area contributed by atoms with Crippen molar-refractivity contribution < 1.29 is 15.0 Å². The number of hydrogen-bond donors (Lipinski definition) is 2. The van der Waals surface area contributed by atoms with Crippen molar-refractivity contribution in [1.82, 2.24) is 4.98 Å². The van der Waals surface area contributed by atoms with Gasteiger partial charge in [0, 0.05) is 11.8 Å². The molecule has 0 unspecified atom stereocenters. The number of fused-ring (bicyclic) bond motifs is 1. The van der Waals surface area contributed by atoms with Crippen LogP contribution in [-0.4, -0.2) is 21.0 Å². The predicted octanol–water partition coefficient (Wildman–Crippen LogP) is 4.89. The zero-order valence-corrected chi connectivity index (χ0v) is 13.9. The van der Waals surface area contributed by atoms with Crippen molar-refractivity contribution in [2.24, 2.45) is 0 Å². The van der Waals surface area contributed by atoms with Gasteiger partial charge in [-0.15, -0.1) is 0 Å². The van der Waals surface area contributed by atoms with E-state index >= 15 is 0 Å². The number of unbranched alkanes of at least 4 members (excludes halogenated alkanes) is 5. The second-order valence-electron chi connectivity index (χ2n) is 6.09. The number of aryl methyl sites for hydroxylation is 1. The van der Waals surface area contributed by atoms with Gasteiger partial charge in [0.2, 0.25) is 0 Å². The number of aromatic hydroxyl groups is 2. The van der Waals surface area contributed by atoms with Crippen molar-refractivity contribution in [3.8, 4) is 11.5 Å². The van der Waals surface area contributed by atoms with Crippen molar-refractivity contribution in [3.63, 3.8) is 0 Å². The van der Waals surface area contributed by atoms with E-state index in [1.54, 1.807) is 6.07 Å². The Hall–Kier alpha value is -2.10. The van der Waals surface area contributed by atoms with E-state index in [2.05, 4.69) is 11.9 Å². The summed E-state index contributed by atoms with van der Waals surface area (Å²) in [6, 6.07) is 4.52. The third-order valence-corrected chi connectivity index (χ3v) is 4.16. The van der Waals surface area contributed by atoms with Gasteiger partial charge in [0.1, 0.15) is 22.7 Å². The molecule has 0 spiro atoms. The Morgan fingerprint density at radius 2 is 1.70 bits per heavy atom. The highest BCUT2D eigenvalue weighted by Crippen LogP contribution is 2.33. The van der Waals surface area contributed by atoms with Crippen molar-refractivity contribution in [2.75, 3.05) is 0 Å². The van der Waals surface area contributed by atoms with Crippen LogP contribution in [0.15, 0.2) is 18.2 Å². The standard InChI is InChI=1S/C19H25NO3/c1-3-4-5-6-7-8-9-15(21)14-12-13(2)18-16(22)10-11-17(23)19(18)20-14/h10-12,22-23H,3-9H2,1-2H3. The molecule has 0 aliphatic carbocycles. The van der Waals surface area contributed by atoms with E-state index < -0.39 is 0 Å². The fourth-order valence-corrected chi connectivity index (χ4v) is 2.84. The molecule has 2 N–H and O–H groups in total. The lowest BCUT2D eigenvalue weighted by atomic mass is 10.0. The fourth-order valence-electron chi connectivity index (χ4n) is 2.84. The van der Waals surface area contributed by atoms with E-state index in [-0.39, 0.29) is 22.8 Å². The highest BCUT2D eigenvalue weighted by Gasteiger charge is 2.14. The fraction of sp³-hybridized carbons (Fsp3) is 0.474. The van der Waals surface area contributed by atoms with Crippen LogP contribution in [0, 0.1) is 6.92 Å². The Kier molecular flexibility index (Phi) is 5.97. The molecule has 0 aliphatic heterocycles. The SMILES string of the molecule is CCCCCCCCC(=O)c1cc(C)c2c(O)ccc(O)c2n1. The molecule has 2 aromatic rings. The second-order valence-corrected chi connectivity index (χ2v) is 6.09. The average molecular weight is 315 g/mol. The molecule has 0 aliphatic rings. The van der Waals surface area contributed by atoms with E-state index in [9.17, 15) is 15.0 Å². The van der Waals surface area contributed by atoms with Crippen LogP contribution in [0.5, 0.6) is 11.5 Å². The molecule has 0 fully saturated rings. The Balaban J connectivity index is 2.08. The number of Topliss-reactive ketones (excluding diaryl/α,β-unsaturated/α-hetero) is 1. The maximum absolute atomic E-state index is 12.3. The summed E-state index contributed by atoms with van der Waals surface area (Å²) in [6.07, 6.45) is 7.27. The minimum atomic E-state index is -0.0184. The largest absolute Gasteiger partial charge is 0.507 e. The van der Waals surface area contributed by atoms with Crippen LogP contribution in [0.25, 0.3) is 10.9 Å². The van der Waals surface area contributed by atoms with Gasteiger partial charge >= 0.3 is 0 Å². The maximum atomic E-state index is 12.3. The molecule has 0 bridgehead atoms. The number of ketones is 1. The number of nitrogens with zero attached hydrogens (tertiary/aromatic N) is 1. The van der Waals surface area contributed by atoms with Crippen LogP contribution >= 0.6 is 0 Å². The lowest BCUT2D eigenvalue weighted by Crippen LogP contribution is -2.03. The average Bonchev–Trinajstić information content (AvgIpc) is 2.53. The van der Waals surface area contributed by atoms with E-state index in [1.165, 1.54) is 37.8 Å². The van der Waals surface area contributed by atoms with Crippen molar-refractivity contribution >= 4 is 16.7 Å². The number of hydrogen-bond acceptors (Lipinski definition) is 4. The Bertz CT molecular complexity index is 695. The summed E-state index contributed by atoms with van der Waals surface area (Å²) < 4.78 is 0. The number of aromatic nitrogens is 1. The first kappa shape index (κ1) is 17.3. The molecule has 1 aromatic heterocycles. The zero-order valence-electron chi connectivity index (χ0n) is 13.9. The molecule has 0 radical (unpaired) electrons. The summed E-state index contributed by atoms with van der Waals surface area (Å²) >= 11 is 0. The monoisotopic (exact) mass is 315 g/mol. The van der Waals surface area contributed by atoms with E-state index in [4.69, 9.17) is 0 Å². The Morgan fingerprint density at radius 3 is 2.43 bits per heavy atom. The van der Waals surface area contributed by atoms with E-state index in [0.717, 1.165) is 18.4 Å². The summed E-state index contributed by atoms with van der Waals surface area (Å²) in [5.41, 5.74) is 1.40. The smallest absolute Gasteiger partial charge is 0.181 e. The molecular formula is C19H25NO3. The minimum absolute atomic E-state index is 0.00626. The number of phenolic OH excluding ortho intramolecular Hbond substituents is 2. The van der Waals surface area contributed by atoms with Gasteiger partial charge in [-0.05, 0) is 37.1 Å². The van der Waals surface area contributed by atoms with E-state index in [0.29, 0.717) is 17.5 Å². The first-order chi connectivity index (χ1) is 11.0. The van der Waals surface area contributed by atoms with Gasteiger partial charge < -0.3 is 10.2 Å². The van der Waals surface area contributed by atoms with Gasteiger partial charge in [-0.25, -0.2) is 4.98 Å². The normalized spacial score (nSPS) is 11.0. The number of pyridine rings is 1. The van der Waals surface area contributed by atoms with Crippen molar-refractivity contribution in [2.45, 2.75) is 58.8 Å². The second kappa shape index (κ2) is 7.95. The molecular weight excluding hydrogens is 290 g/mol. The first-order valence-corrected chi connectivity index (χ1v) is 8.40. The Morgan fingerprint density at radius 1 is 1.04 bits per heavy atom. The summed E-state index contributed by atoms with van der Waals surface area (Å²) in [4.78, 5) is 16.6. The number of phenols is 2. The lowest BCUT2D eigenvalue weighted by Gasteiger charge is -2.09. The summed E-state index contributed by atoms with van der Waals surface area (Å²) in [6.45, 7) is 4.00. The molecule has 2 rings (SSSR count). The van der Waals surface area contributed by atoms with Gasteiger partial charge in [-0.1, -0.05) is 39.0 Å². The van der Waals surface area contributed by atoms with Crippen LogP contribution in [0.1, 0.15) is 67.9 Å². The molecule has 4 nitrogen and oxygen atoms in total. The van der Waals surface area contributed by atoms with Gasteiger partial charge in [0.15, 0.2) is 5.78 Å². The highest BCUT2D eigenvalue weighted by atomic mass is 16.3. The van der Waals surface area contributed by atoms with Crippen LogP contribution in [0.4, 0.5) is 0 Å².